The van der Waals surface area contributed by atoms with Gasteiger partial charge in [-0.1, -0.05) is 0 Å². The highest BCUT2D eigenvalue weighted by molar-refractivity contribution is 7.91. The van der Waals surface area contributed by atoms with Gasteiger partial charge in [0.25, 0.3) is 0 Å². The van der Waals surface area contributed by atoms with Crippen LogP contribution in [0.5, 0.6) is 0 Å². The predicted molar refractivity (Wildman–Crippen MR) is 82.9 cm³/mol. The molecule has 1 aromatic carbocycles. The summed E-state index contributed by atoms with van der Waals surface area (Å²) in [6.45, 7) is 0.356. The van der Waals surface area contributed by atoms with Crippen LogP contribution in [-0.4, -0.2) is 38.3 Å². The zero-order valence-electron chi connectivity index (χ0n) is 12.1. The summed E-state index contributed by atoms with van der Waals surface area (Å²) in [6, 6.07) is 4.92. The molecule has 0 spiro atoms. The van der Waals surface area contributed by atoms with Gasteiger partial charge in [0.15, 0.2) is 15.6 Å². The first-order chi connectivity index (χ1) is 10.4. The van der Waals surface area contributed by atoms with Gasteiger partial charge in [0.2, 0.25) is 0 Å². The van der Waals surface area contributed by atoms with Gasteiger partial charge >= 0.3 is 6.03 Å². The highest BCUT2D eigenvalue weighted by Gasteiger charge is 2.28. The van der Waals surface area contributed by atoms with Crippen molar-refractivity contribution in [3.8, 4) is 0 Å². The third kappa shape index (κ3) is 3.30. The molecule has 2 amide bonds. The standard InChI is InChI=1S/C15H18N2O4S/c18-14-4-1-11-7-12(2-3-13(11)14)17-15(19)16-8-10-5-6-22(20,21)9-10/h2-3,7,10H,1,4-6,8-9H2,(H2,16,17,19)/t10-/m0/s1. The summed E-state index contributed by atoms with van der Waals surface area (Å²) in [5.41, 5.74) is 2.34. The molecule has 0 aromatic heterocycles. The van der Waals surface area contributed by atoms with Crippen LogP contribution in [0.2, 0.25) is 0 Å². The maximum Gasteiger partial charge on any atom is 0.319 e. The summed E-state index contributed by atoms with van der Waals surface area (Å²) in [5.74, 6) is 0.496. The number of hydrogen-bond acceptors (Lipinski definition) is 4. The minimum Gasteiger partial charge on any atom is -0.338 e. The number of fused-ring (bicyclic) bond motifs is 1. The van der Waals surface area contributed by atoms with Gasteiger partial charge in [-0.25, -0.2) is 13.2 Å². The molecule has 0 radical (unpaired) electrons. The number of ketones is 1. The van der Waals surface area contributed by atoms with E-state index < -0.39 is 9.84 Å². The Bertz CT molecular complexity index is 727. The van der Waals surface area contributed by atoms with Crippen molar-refractivity contribution in [3.63, 3.8) is 0 Å². The first-order valence-corrected chi connectivity index (χ1v) is 9.16. The molecule has 0 unspecified atom stereocenters. The van der Waals surface area contributed by atoms with E-state index in [1.807, 2.05) is 6.07 Å². The molecule has 22 heavy (non-hydrogen) atoms. The molecule has 2 aliphatic rings. The zero-order valence-corrected chi connectivity index (χ0v) is 12.9. The van der Waals surface area contributed by atoms with Crippen LogP contribution in [0.3, 0.4) is 0 Å². The van der Waals surface area contributed by atoms with Gasteiger partial charge in [-0.2, -0.15) is 0 Å². The Kier molecular flexibility index (Phi) is 3.90. The number of rotatable bonds is 3. The SMILES string of the molecule is O=C(NC[C@@H]1CCS(=O)(=O)C1)Nc1ccc2c(c1)CCC2=O. The second kappa shape index (κ2) is 5.72. The number of aryl methyl sites for hydroxylation is 1. The van der Waals surface area contributed by atoms with Crippen LogP contribution >= 0.6 is 0 Å². The molecule has 1 heterocycles. The van der Waals surface area contributed by atoms with Gasteiger partial charge in [-0.3, -0.25) is 4.79 Å². The summed E-state index contributed by atoms with van der Waals surface area (Å²) in [5, 5.41) is 5.43. The van der Waals surface area contributed by atoms with Crippen molar-refractivity contribution in [2.45, 2.75) is 19.3 Å². The van der Waals surface area contributed by atoms with E-state index in [0.29, 0.717) is 31.5 Å². The maximum atomic E-state index is 11.9. The van der Waals surface area contributed by atoms with E-state index in [1.54, 1.807) is 12.1 Å². The zero-order chi connectivity index (χ0) is 15.7. The average Bonchev–Trinajstić information content (AvgIpc) is 3.00. The van der Waals surface area contributed by atoms with Gasteiger partial charge in [0.1, 0.15) is 0 Å². The number of urea groups is 1. The Morgan fingerprint density at radius 3 is 2.82 bits per heavy atom. The molecule has 1 aliphatic carbocycles. The average molecular weight is 322 g/mol. The minimum absolute atomic E-state index is 0.00612. The molecule has 1 aromatic rings. The highest BCUT2D eigenvalue weighted by atomic mass is 32.2. The molecular formula is C15H18N2O4S. The number of sulfone groups is 1. The van der Waals surface area contributed by atoms with E-state index in [1.165, 1.54) is 0 Å². The molecule has 1 aliphatic heterocycles. The summed E-state index contributed by atoms with van der Waals surface area (Å²) in [4.78, 5) is 23.4. The molecule has 7 heteroatoms. The Labute approximate surface area is 129 Å². The van der Waals surface area contributed by atoms with E-state index >= 15 is 0 Å². The topological polar surface area (TPSA) is 92.3 Å². The van der Waals surface area contributed by atoms with Crippen LogP contribution in [0.1, 0.15) is 28.8 Å². The summed E-state index contributed by atoms with van der Waals surface area (Å²) in [6.07, 6.45) is 1.84. The Morgan fingerprint density at radius 2 is 2.09 bits per heavy atom. The number of carbonyl (C=O) groups excluding carboxylic acids is 2. The van der Waals surface area contributed by atoms with Crippen molar-refractivity contribution >= 4 is 27.3 Å². The highest BCUT2D eigenvalue weighted by Crippen LogP contribution is 2.25. The van der Waals surface area contributed by atoms with Crippen molar-refractivity contribution in [2.24, 2.45) is 5.92 Å². The molecule has 1 saturated heterocycles. The number of benzene rings is 1. The number of nitrogens with one attached hydrogen (secondary N) is 2. The van der Waals surface area contributed by atoms with Crippen molar-refractivity contribution < 1.29 is 18.0 Å². The fourth-order valence-corrected chi connectivity index (χ4v) is 4.84. The normalized spacial score (nSPS) is 22.4. The van der Waals surface area contributed by atoms with Crippen molar-refractivity contribution in [1.29, 1.82) is 0 Å². The lowest BCUT2D eigenvalue weighted by atomic mass is 10.1. The van der Waals surface area contributed by atoms with E-state index in [2.05, 4.69) is 10.6 Å². The Hall–Kier alpha value is -1.89. The molecule has 6 nitrogen and oxygen atoms in total. The largest absolute Gasteiger partial charge is 0.338 e. The predicted octanol–water partition coefficient (Wildman–Crippen LogP) is 1.37. The van der Waals surface area contributed by atoms with Gasteiger partial charge in [-0.15, -0.1) is 0 Å². The van der Waals surface area contributed by atoms with Crippen molar-refractivity contribution in [2.75, 3.05) is 23.4 Å². The molecular weight excluding hydrogens is 304 g/mol. The number of anilines is 1. The lowest BCUT2D eigenvalue weighted by Crippen LogP contribution is -2.33. The third-order valence-corrected chi connectivity index (χ3v) is 6.00. The fourth-order valence-electron chi connectivity index (χ4n) is 2.98. The van der Waals surface area contributed by atoms with Crippen LogP contribution in [0.25, 0.3) is 0 Å². The quantitative estimate of drug-likeness (QED) is 0.879. The van der Waals surface area contributed by atoms with Crippen LogP contribution in [-0.2, 0) is 16.3 Å². The van der Waals surface area contributed by atoms with Gasteiger partial charge < -0.3 is 10.6 Å². The maximum absolute atomic E-state index is 11.9. The molecule has 1 atom stereocenters. The lowest BCUT2D eigenvalue weighted by molar-refractivity contribution is 0.0994. The van der Waals surface area contributed by atoms with Crippen molar-refractivity contribution in [1.82, 2.24) is 5.32 Å². The fraction of sp³-hybridized carbons (Fsp3) is 0.467. The van der Waals surface area contributed by atoms with Crippen molar-refractivity contribution in [3.05, 3.63) is 29.3 Å². The van der Waals surface area contributed by atoms with E-state index in [9.17, 15) is 18.0 Å². The van der Waals surface area contributed by atoms with Gasteiger partial charge in [-0.05, 0) is 42.5 Å². The summed E-state index contributed by atoms with van der Waals surface area (Å²) < 4.78 is 22.7. The Balaban J connectivity index is 1.53. The second-order valence-electron chi connectivity index (χ2n) is 5.90. The molecule has 1 fully saturated rings. The minimum atomic E-state index is -2.92. The molecule has 3 rings (SSSR count). The lowest BCUT2D eigenvalue weighted by Gasteiger charge is -2.11. The smallest absolute Gasteiger partial charge is 0.319 e. The van der Waals surface area contributed by atoms with Crippen LogP contribution < -0.4 is 10.6 Å². The number of carbonyl (C=O) groups is 2. The summed E-state index contributed by atoms with van der Waals surface area (Å²) >= 11 is 0. The first-order valence-electron chi connectivity index (χ1n) is 7.34. The molecule has 2 N–H and O–H groups in total. The Morgan fingerprint density at radius 1 is 1.27 bits per heavy atom. The molecule has 0 saturated carbocycles. The third-order valence-electron chi connectivity index (χ3n) is 4.16. The first kappa shape index (κ1) is 15.0. The molecule has 118 valence electrons. The summed E-state index contributed by atoms with van der Waals surface area (Å²) in [7, 11) is -2.92. The van der Waals surface area contributed by atoms with Gasteiger partial charge in [0.05, 0.1) is 11.5 Å². The van der Waals surface area contributed by atoms with Crippen LogP contribution in [0, 0.1) is 5.92 Å². The van der Waals surface area contributed by atoms with Crippen LogP contribution in [0.15, 0.2) is 18.2 Å². The van der Waals surface area contributed by atoms with Gasteiger partial charge in [0, 0.05) is 24.2 Å². The number of hydrogen-bond donors (Lipinski definition) is 2. The van der Waals surface area contributed by atoms with E-state index in [4.69, 9.17) is 0 Å². The van der Waals surface area contributed by atoms with E-state index in [-0.39, 0.29) is 29.2 Å². The monoisotopic (exact) mass is 322 g/mol. The molecule has 0 bridgehead atoms. The number of amides is 2. The second-order valence-corrected chi connectivity index (χ2v) is 8.13. The van der Waals surface area contributed by atoms with Crippen LogP contribution in [0.4, 0.5) is 10.5 Å². The number of Topliss-reactive ketones (excluding diaryl/α,β-unsaturated/α-hetero) is 1. The van der Waals surface area contributed by atoms with E-state index in [0.717, 1.165) is 11.1 Å².